The fourth-order valence-electron chi connectivity index (χ4n) is 2.27. The monoisotopic (exact) mass is 228 g/mol. The first-order chi connectivity index (χ1) is 7.86. The van der Waals surface area contributed by atoms with E-state index in [9.17, 15) is 0 Å². The first kappa shape index (κ1) is 13.5. The molecule has 0 spiro atoms. The van der Waals surface area contributed by atoms with Crippen LogP contribution in [0.4, 0.5) is 0 Å². The molecule has 1 nitrogen and oxygen atoms in total. The molecule has 1 heteroatoms. The van der Waals surface area contributed by atoms with Crippen LogP contribution in [0.25, 0.3) is 11.1 Å². The molecule has 0 unspecified atom stereocenters. The lowest BCUT2D eigenvalue weighted by molar-refractivity contribution is 0.824. The topological polar surface area (TPSA) is 31.5 Å². The van der Waals surface area contributed by atoms with Crippen molar-refractivity contribution in [2.45, 2.75) is 26.7 Å². The maximum atomic E-state index is 2.24. The molecule has 2 rings (SSSR count). The van der Waals surface area contributed by atoms with Gasteiger partial charge in [0, 0.05) is 0 Å². The van der Waals surface area contributed by atoms with Crippen molar-refractivity contribution in [3.8, 4) is 11.1 Å². The van der Waals surface area contributed by atoms with Crippen molar-refractivity contribution in [2.75, 3.05) is 0 Å². The Balaban J connectivity index is 0.00000144. The number of rotatable bonds is 3. The normalized spacial score (nSPS) is 9.76. The quantitative estimate of drug-likeness (QED) is 0.768. The van der Waals surface area contributed by atoms with Crippen molar-refractivity contribution in [2.24, 2.45) is 0 Å². The maximum absolute atomic E-state index is 2.24. The Labute approximate surface area is 103 Å². The summed E-state index contributed by atoms with van der Waals surface area (Å²) in [5.41, 5.74) is 5.69. The van der Waals surface area contributed by atoms with E-state index in [4.69, 9.17) is 0 Å². The van der Waals surface area contributed by atoms with Gasteiger partial charge in [0.25, 0.3) is 0 Å². The molecule has 0 atom stereocenters. The molecule has 0 aliphatic rings. The standard InChI is InChI=1S/C16H18.H2O/c1-3-13-11-8-12-16(15(13)4-2)14-9-6-5-7-10-14;/h5-12H,3-4H2,1-2H3;1H2. The molecule has 0 saturated carbocycles. The predicted octanol–water partition coefficient (Wildman–Crippen LogP) is 3.65. The van der Waals surface area contributed by atoms with Gasteiger partial charge in [0.2, 0.25) is 0 Å². The SMILES string of the molecule is CCc1cccc(-c2ccccc2)c1CC.O. The summed E-state index contributed by atoms with van der Waals surface area (Å²) in [5.74, 6) is 0. The summed E-state index contributed by atoms with van der Waals surface area (Å²) in [4.78, 5) is 0. The van der Waals surface area contributed by atoms with Gasteiger partial charge in [-0.25, -0.2) is 0 Å². The summed E-state index contributed by atoms with van der Waals surface area (Å²) in [5, 5.41) is 0. The zero-order valence-corrected chi connectivity index (χ0v) is 10.5. The van der Waals surface area contributed by atoms with E-state index in [1.54, 1.807) is 0 Å². The van der Waals surface area contributed by atoms with Crippen LogP contribution in [0.1, 0.15) is 25.0 Å². The van der Waals surface area contributed by atoms with Gasteiger partial charge < -0.3 is 5.48 Å². The second-order valence-electron chi connectivity index (χ2n) is 4.02. The lowest BCUT2D eigenvalue weighted by Gasteiger charge is -2.12. The second-order valence-corrected chi connectivity index (χ2v) is 4.02. The highest BCUT2D eigenvalue weighted by atomic mass is 16.0. The summed E-state index contributed by atoms with van der Waals surface area (Å²) in [6, 6.07) is 17.3. The van der Waals surface area contributed by atoms with Gasteiger partial charge in [0.15, 0.2) is 0 Å². The molecule has 17 heavy (non-hydrogen) atoms. The lowest BCUT2D eigenvalue weighted by Crippen LogP contribution is -1.94. The van der Waals surface area contributed by atoms with Gasteiger partial charge in [0.05, 0.1) is 0 Å². The van der Waals surface area contributed by atoms with Crippen molar-refractivity contribution in [3.63, 3.8) is 0 Å². The first-order valence-electron chi connectivity index (χ1n) is 6.03. The van der Waals surface area contributed by atoms with Crippen LogP contribution in [0.2, 0.25) is 0 Å². The fraction of sp³-hybridized carbons (Fsp3) is 0.250. The molecule has 0 saturated heterocycles. The second kappa shape index (κ2) is 6.21. The molecule has 0 aromatic heterocycles. The van der Waals surface area contributed by atoms with Gasteiger partial charge >= 0.3 is 0 Å². The van der Waals surface area contributed by atoms with E-state index in [2.05, 4.69) is 62.4 Å². The van der Waals surface area contributed by atoms with Gasteiger partial charge in [-0.15, -0.1) is 0 Å². The highest BCUT2D eigenvalue weighted by Gasteiger charge is 2.06. The van der Waals surface area contributed by atoms with Crippen LogP contribution in [0.5, 0.6) is 0 Å². The average molecular weight is 228 g/mol. The summed E-state index contributed by atoms with van der Waals surface area (Å²) in [7, 11) is 0. The highest BCUT2D eigenvalue weighted by Crippen LogP contribution is 2.26. The Morgan fingerprint density at radius 2 is 1.47 bits per heavy atom. The molecule has 0 fully saturated rings. The van der Waals surface area contributed by atoms with E-state index in [0.717, 1.165) is 12.8 Å². The molecule has 0 heterocycles. The first-order valence-corrected chi connectivity index (χ1v) is 6.03. The third-order valence-electron chi connectivity index (χ3n) is 3.09. The zero-order valence-electron chi connectivity index (χ0n) is 10.5. The van der Waals surface area contributed by atoms with E-state index in [1.165, 1.54) is 22.3 Å². The Kier molecular flexibility index (Phi) is 4.92. The van der Waals surface area contributed by atoms with Crippen molar-refractivity contribution in [1.29, 1.82) is 0 Å². The number of aryl methyl sites for hydroxylation is 1. The van der Waals surface area contributed by atoms with Crippen LogP contribution in [-0.4, -0.2) is 5.48 Å². The van der Waals surface area contributed by atoms with Crippen LogP contribution >= 0.6 is 0 Å². The molecular weight excluding hydrogens is 208 g/mol. The molecule has 0 aliphatic heterocycles. The lowest BCUT2D eigenvalue weighted by atomic mass is 9.93. The summed E-state index contributed by atoms with van der Waals surface area (Å²) in [6.45, 7) is 4.46. The molecule has 2 aromatic rings. The largest absolute Gasteiger partial charge is 0.412 e. The number of hydrogen-bond acceptors (Lipinski definition) is 0. The minimum Gasteiger partial charge on any atom is -0.412 e. The molecule has 0 bridgehead atoms. The van der Waals surface area contributed by atoms with E-state index < -0.39 is 0 Å². The summed E-state index contributed by atoms with van der Waals surface area (Å²) < 4.78 is 0. The average Bonchev–Trinajstić information content (AvgIpc) is 2.38. The van der Waals surface area contributed by atoms with Crippen LogP contribution in [0.3, 0.4) is 0 Å². The highest BCUT2D eigenvalue weighted by molar-refractivity contribution is 5.68. The van der Waals surface area contributed by atoms with Crippen LogP contribution in [0.15, 0.2) is 48.5 Å². The van der Waals surface area contributed by atoms with Gasteiger partial charge in [-0.3, -0.25) is 0 Å². The van der Waals surface area contributed by atoms with Gasteiger partial charge in [0.1, 0.15) is 0 Å². The zero-order chi connectivity index (χ0) is 11.4. The van der Waals surface area contributed by atoms with Gasteiger partial charge in [-0.2, -0.15) is 0 Å². The third kappa shape index (κ3) is 2.75. The van der Waals surface area contributed by atoms with Crippen LogP contribution in [-0.2, 0) is 12.8 Å². The Morgan fingerprint density at radius 1 is 0.765 bits per heavy atom. The fourth-order valence-corrected chi connectivity index (χ4v) is 2.27. The van der Waals surface area contributed by atoms with Crippen molar-refractivity contribution < 1.29 is 5.48 Å². The van der Waals surface area contributed by atoms with E-state index in [1.807, 2.05) is 0 Å². The van der Waals surface area contributed by atoms with Crippen LogP contribution < -0.4 is 0 Å². The Morgan fingerprint density at radius 3 is 2.06 bits per heavy atom. The van der Waals surface area contributed by atoms with Crippen molar-refractivity contribution >= 4 is 0 Å². The molecule has 0 radical (unpaired) electrons. The molecular formula is C16H20O. The van der Waals surface area contributed by atoms with Gasteiger partial charge in [-0.1, -0.05) is 62.4 Å². The maximum Gasteiger partial charge on any atom is -0.0149 e. The number of hydrogen-bond donors (Lipinski definition) is 0. The molecule has 90 valence electrons. The number of benzene rings is 2. The van der Waals surface area contributed by atoms with Gasteiger partial charge in [-0.05, 0) is 35.1 Å². The molecule has 0 amide bonds. The van der Waals surface area contributed by atoms with Crippen molar-refractivity contribution in [1.82, 2.24) is 0 Å². The molecule has 2 aromatic carbocycles. The Hall–Kier alpha value is -1.60. The Bertz CT molecular complexity index is 460. The summed E-state index contributed by atoms with van der Waals surface area (Å²) >= 11 is 0. The molecule has 2 N–H and O–H groups in total. The van der Waals surface area contributed by atoms with Crippen LogP contribution in [0, 0.1) is 0 Å². The minimum absolute atomic E-state index is 0. The minimum atomic E-state index is 0. The smallest absolute Gasteiger partial charge is 0.0149 e. The van der Waals surface area contributed by atoms with E-state index in [0.29, 0.717) is 0 Å². The van der Waals surface area contributed by atoms with E-state index >= 15 is 0 Å². The predicted molar refractivity (Wildman–Crippen MR) is 74.2 cm³/mol. The van der Waals surface area contributed by atoms with E-state index in [-0.39, 0.29) is 5.48 Å². The molecule has 0 aliphatic carbocycles. The van der Waals surface area contributed by atoms with Crippen molar-refractivity contribution in [3.05, 3.63) is 59.7 Å². The summed E-state index contributed by atoms with van der Waals surface area (Å²) in [6.07, 6.45) is 2.22. The third-order valence-corrected chi connectivity index (χ3v) is 3.09.